The van der Waals surface area contributed by atoms with E-state index in [-0.39, 0.29) is 4.90 Å². The van der Waals surface area contributed by atoms with Crippen molar-refractivity contribution in [1.82, 2.24) is 13.9 Å². The lowest BCUT2D eigenvalue weighted by atomic mass is 10.3. The van der Waals surface area contributed by atoms with Gasteiger partial charge in [-0.3, -0.25) is 0 Å². The first-order valence-corrected chi connectivity index (χ1v) is 10.7. The van der Waals surface area contributed by atoms with Crippen molar-refractivity contribution < 1.29 is 12.8 Å². The lowest BCUT2D eigenvalue weighted by Crippen LogP contribution is -2.22. The van der Waals surface area contributed by atoms with E-state index in [2.05, 4.69) is 10.3 Å². The maximum absolute atomic E-state index is 14.0. The Labute approximate surface area is 169 Å². The zero-order valence-electron chi connectivity index (χ0n) is 15.9. The average molecular weight is 425 g/mol. The lowest BCUT2D eigenvalue weighted by molar-refractivity contribution is 0.521. The minimum Gasteiger partial charge on any atom is -0.375 e. The molecule has 1 N–H and O–H groups in total. The molecule has 3 rings (SSSR count). The van der Waals surface area contributed by atoms with E-state index in [1.165, 1.54) is 24.5 Å². The van der Waals surface area contributed by atoms with Crippen LogP contribution in [-0.2, 0) is 23.1 Å². The normalized spacial score (nSPS) is 12.1. The molecule has 9 heteroatoms. The standard InChI is InChI=1S/C19H22ClFN4O2S/c1-4-9-25-18-8-6-14(28(26,27)24(2)3)11-17(18)23-19(25)12-22-16-7-5-13(20)10-15(16)21/h5-8,10-11,22H,4,9,12H2,1-3H3. The van der Waals surface area contributed by atoms with Crippen molar-refractivity contribution in [1.29, 1.82) is 0 Å². The van der Waals surface area contributed by atoms with E-state index in [0.717, 1.165) is 18.5 Å². The molecule has 2 aromatic carbocycles. The summed E-state index contributed by atoms with van der Waals surface area (Å²) in [5.41, 5.74) is 1.76. The molecule has 0 saturated heterocycles. The van der Waals surface area contributed by atoms with Crippen LogP contribution in [0.5, 0.6) is 0 Å². The fourth-order valence-corrected chi connectivity index (χ4v) is 4.03. The van der Waals surface area contributed by atoms with Crippen molar-refractivity contribution in [3.8, 4) is 0 Å². The summed E-state index contributed by atoms with van der Waals surface area (Å²) in [6, 6.07) is 9.36. The van der Waals surface area contributed by atoms with Crippen LogP contribution >= 0.6 is 11.6 Å². The highest BCUT2D eigenvalue weighted by Crippen LogP contribution is 2.24. The number of nitrogens with one attached hydrogen (secondary N) is 1. The molecule has 0 saturated carbocycles. The minimum absolute atomic E-state index is 0.189. The van der Waals surface area contributed by atoms with E-state index >= 15 is 0 Å². The smallest absolute Gasteiger partial charge is 0.242 e. The predicted molar refractivity (Wildman–Crippen MR) is 110 cm³/mol. The van der Waals surface area contributed by atoms with Crippen molar-refractivity contribution in [2.24, 2.45) is 0 Å². The van der Waals surface area contributed by atoms with Crippen LogP contribution < -0.4 is 5.32 Å². The number of hydrogen-bond acceptors (Lipinski definition) is 4. The van der Waals surface area contributed by atoms with Crippen LogP contribution in [-0.4, -0.2) is 36.4 Å². The number of rotatable bonds is 7. The van der Waals surface area contributed by atoms with Crippen molar-refractivity contribution >= 4 is 38.3 Å². The third-order valence-electron chi connectivity index (χ3n) is 4.39. The fourth-order valence-electron chi connectivity index (χ4n) is 2.95. The first-order valence-electron chi connectivity index (χ1n) is 8.84. The maximum Gasteiger partial charge on any atom is 0.242 e. The molecule has 0 aliphatic rings. The van der Waals surface area contributed by atoms with Gasteiger partial charge in [0.1, 0.15) is 11.6 Å². The zero-order valence-corrected chi connectivity index (χ0v) is 17.5. The van der Waals surface area contributed by atoms with Gasteiger partial charge in [-0.2, -0.15) is 0 Å². The minimum atomic E-state index is -3.54. The van der Waals surface area contributed by atoms with Crippen LogP contribution in [0.15, 0.2) is 41.3 Å². The molecule has 1 aromatic heterocycles. The predicted octanol–water partition coefficient (Wildman–Crippen LogP) is 4.10. The summed E-state index contributed by atoms with van der Waals surface area (Å²) in [4.78, 5) is 4.79. The third-order valence-corrected chi connectivity index (χ3v) is 6.44. The second-order valence-corrected chi connectivity index (χ2v) is 9.18. The molecule has 0 atom stereocenters. The third kappa shape index (κ3) is 3.99. The van der Waals surface area contributed by atoms with Crippen LogP contribution in [0.2, 0.25) is 5.02 Å². The highest BCUT2D eigenvalue weighted by molar-refractivity contribution is 7.89. The van der Waals surface area contributed by atoms with Gasteiger partial charge in [0, 0.05) is 25.7 Å². The Morgan fingerprint density at radius 2 is 1.96 bits per heavy atom. The molecule has 0 spiro atoms. The largest absolute Gasteiger partial charge is 0.375 e. The molecule has 0 amide bonds. The monoisotopic (exact) mass is 424 g/mol. The van der Waals surface area contributed by atoms with Gasteiger partial charge in [0.15, 0.2) is 0 Å². The first kappa shape index (κ1) is 20.6. The summed E-state index contributed by atoms with van der Waals surface area (Å²) in [6.07, 6.45) is 0.880. The van der Waals surface area contributed by atoms with Gasteiger partial charge in [0.2, 0.25) is 10.0 Å². The van der Waals surface area contributed by atoms with Crippen LogP contribution in [0, 0.1) is 5.82 Å². The van der Waals surface area contributed by atoms with Crippen molar-refractivity contribution in [2.75, 3.05) is 19.4 Å². The fraction of sp³-hybridized carbons (Fsp3) is 0.316. The van der Waals surface area contributed by atoms with E-state index in [9.17, 15) is 12.8 Å². The second-order valence-electron chi connectivity index (χ2n) is 6.60. The molecule has 0 fully saturated rings. The Balaban J connectivity index is 1.98. The molecular formula is C19H22ClFN4O2S. The number of fused-ring (bicyclic) bond motifs is 1. The van der Waals surface area contributed by atoms with Crippen molar-refractivity contribution in [3.63, 3.8) is 0 Å². The summed E-state index contributed by atoms with van der Waals surface area (Å²) in [5, 5.41) is 3.37. The molecule has 6 nitrogen and oxygen atoms in total. The number of benzene rings is 2. The quantitative estimate of drug-likeness (QED) is 0.620. The van der Waals surface area contributed by atoms with Gasteiger partial charge < -0.3 is 9.88 Å². The van der Waals surface area contributed by atoms with Gasteiger partial charge in [-0.25, -0.2) is 22.1 Å². The summed E-state index contributed by atoms with van der Waals surface area (Å²) < 4.78 is 42.0. The molecule has 0 aliphatic heterocycles. The van der Waals surface area contributed by atoms with E-state index in [4.69, 9.17) is 11.6 Å². The molecule has 0 radical (unpaired) electrons. The Morgan fingerprint density at radius 1 is 1.21 bits per heavy atom. The highest BCUT2D eigenvalue weighted by atomic mass is 35.5. The summed E-state index contributed by atoms with van der Waals surface area (Å²) in [6.45, 7) is 3.06. The number of nitrogens with zero attached hydrogens (tertiary/aromatic N) is 3. The molecule has 3 aromatic rings. The van der Waals surface area contributed by atoms with E-state index in [1.807, 2.05) is 11.5 Å². The Kier molecular flexibility index (Phi) is 5.92. The molecule has 0 unspecified atom stereocenters. The number of hydrogen-bond donors (Lipinski definition) is 1. The summed E-state index contributed by atoms with van der Waals surface area (Å²) in [5.74, 6) is 0.260. The second kappa shape index (κ2) is 8.06. The van der Waals surface area contributed by atoms with Gasteiger partial charge in [-0.1, -0.05) is 18.5 Å². The number of imidazole rings is 1. The molecule has 150 valence electrons. The Morgan fingerprint density at radius 3 is 2.61 bits per heavy atom. The van der Waals surface area contributed by atoms with Gasteiger partial charge in [-0.05, 0) is 42.8 Å². The Hall–Kier alpha value is -2.16. The SMILES string of the molecule is CCCn1c(CNc2ccc(Cl)cc2F)nc2cc(S(=O)(=O)N(C)C)ccc21. The summed E-state index contributed by atoms with van der Waals surface area (Å²) in [7, 11) is -0.560. The van der Waals surface area contributed by atoms with Crippen LogP contribution in [0.25, 0.3) is 11.0 Å². The summed E-state index contributed by atoms with van der Waals surface area (Å²) >= 11 is 5.79. The van der Waals surface area contributed by atoms with Gasteiger partial charge in [0.25, 0.3) is 0 Å². The number of aryl methyl sites for hydroxylation is 1. The number of anilines is 1. The van der Waals surface area contributed by atoms with Gasteiger partial charge in [-0.15, -0.1) is 0 Å². The van der Waals surface area contributed by atoms with Crippen LogP contribution in [0.1, 0.15) is 19.2 Å². The van der Waals surface area contributed by atoms with Gasteiger partial charge in [0.05, 0.1) is 28.2 Å². The number of sulfonamides is 1. The highest BCUT2D eigenvalue weighted by Gasteiger charge is 2.19. The van der Waals surface area contributed by atoms with E-state index < -0.39 is 15.8 Å². The van der Waals surface area contributed by atoms with E-state index in [0.29, 0.717) is 28.6 Å². The van der Waals surface area contributed by atoms with Gasteiger partial charge >= 0.3 is 0 Å². The topological polar surface area (TPSA) is 67.2 Å². The number of halogens is 2. The van der Waals surface area contributed by atoms with E-state index in [1.54, 1.807) is 30.3 Å². The zero-order chi connectivity index (χ0) is 20.5. The Bertz CT molecular complexity index is 1110. The van der Waals surface area contributed by atoms with Crippen molar-refractivity contribution in [3.05, 3.63) is 53.1 Å². The first-order chi connectivity index (χ1) is 13.2. The molecule has 0 aliphatic carbocycles. The number of aromatic nitrogens is 2. The molecule has 28 heavy (non-hydrogen) atoms. The van der Waals surface area contributed by atoms with Crippen LogP contribution in [0.3, 0.4) is 0 Å². The molecule has 1 heterocycles. The molecular weight excluding hydrogens is 403 g/mol. The van der Waals surface area contributed by atoms with Crippen molar-refractivity contribution in [2.45, 2.75) is 31.3 Å². The lowest BCUT2D eigenvalue weighted by Gasteiger charge is -2.12. The molecule has 0 bridgehead atoms. The average Bonchev–Trinajstić information content (AvgIpc) is 2.98. The van der Waals surface area contributed by atoms with Crippen LogP contribution in [0.4, 0.5) is 10.1 Å². The maximum atomic E-state index is 14.0.